The average Bonchev–Trinajstić information content (AvgIpc) is 2.50. The van der Waals surface area contributed by atoms with Crippen LogP contribution < -0.4 is 5.32 Å². The normalized spacial score (nSPS) is 21.5. The highest BCUT2D eigenvalue weighted by atomic mass is 35.5. The summed E-state index contributed by atoms with van der Waals surface area (Å²) in [6.45, 7) is 4.59. The van der Waals surface area contributed by atoms with Crippen molar-refractivity contribution in [2.24, 2.45) is 0 Å². The molecule has 18 heavy (non-hydrogen) atoms. The Morgan fingerprint density at radius 2 is 2.11 bits per heavy atom. The van der Waals surface area contributed by atoms with Crippen molar-refractivity contribution in [3.05, 3.63) is 0 Å². The van der Waals surface area contributed by atoms with Crippen LogP contribution in [0.15, 0.2) is 0 Å². The van der Waals surface area contributed by atoms with Gasteiger partial charge in [-0.2, -0.15) is 0 Å². The molecule has 1 aliphatic rings. The number of urea groups is 1. The maximum absolute atomic E-state index is 12.0. The van der Waals surface area contributed by atoms with Gasteiger partial charge in [0, 0.05) is 31.4 Å². The Labute approximate surface area is 113 Å². The zero-order valence-corrected chi connectivity index (χ0v) is 11.9. The van der Waals surface area contributed by atoms with Crippen molar-refractivity contribution in [3.8, 4) is 0 Å². The summed E-state index contributed by atoms with van der Waals surface area (Å²) in [7, 11) is 2.06. The second-order valence-corrected chi connectivity index (χ2v) is 5.04. The smallest absolute Gasteiger partial charge is 0.320 e. The van der Waals surface area contributed by atoms with Crippen LogP contribution in [-0.4, -0.2) is 60.3 Å². The number of carbonyl (C=O) groups excluding carboxylic acids is 2. The number of halogens is 1. The van der Waals surface area contributed by atoms with Crippen LogP contribution in [0.1, 0.15) is 26.2 Å². The first-order valence-electron chi connectivity index (χ1n) is 6.43. The molecule has 1 N–H and O–H groups in total. The minimum atomic E-state index is -0.303. The van der Waals surface area contributed by atoms with E-state index in [0.717, 1.165) is 25.9 Å². The lowest BCUT2D eigenvalue weighted by Gasteiger charge is -2.29. The Bertz CT molecular complexity index is 299. The number of amides is 3. The Kier molecular flexibility index (Phi) is 6.43. The van der Waals surface area contributed by atoms with Gasteiger partial charge in [-0.3, -0.25) is 10.1 Å². The first-order chi connectivity index (χ1) is 8.58. The molecule has 0 aromatic heterocycles. The number of nitrogens with zero attached hydrogens (tertiary/aromatic N) is 2. The highest BCUT2D eigenvalue weighted by Gasteiger charge is 2.26. The van der Waals surface area contributed by atoms with Gasteiger partial charge in [0.2, 0.25) is 5.91 Å². The molecule has 0 bridgehead atoms. The maximum Gasteiger partial charge on any atom is 0.324 e. The first kappa shape index (κ1) is 15.2. The van der Waals surface area contributed by atoms with Crippen molar-refractivity contribution >= 4 is 23.5 Å². The highest BCUT2D eigenvalue weighted by molar-refractivity contribution is 6.19. The largest absolute Gasteiger partial charge is 0.324 e. The molecule has 5 nitrogen and oxygen atoms in total. The molecular formula is C12H22ClN3O2. The molecular weight excluding hydrogens is 254 g/mol. The number of nitrogens with one attached hydrogen (secondary N) is 1. The number of imide groups is 1. The Morgan fingerprint density at radius 3 is 2.72 bits per heavy atom. The molecule has 6 heteroatoms. The van der Waals surface area contributed by atoms with Gasteiger partial charge in [-0.15, -0.1) is 11.6 Å². The van der Waals surface area contributed by atoms with Gasteiger partial charge in [-0.05, 0) is 26.4 Å². The minimum Gasteiger partial charge on any atom is -0.320 e. The summed E-state index contributed by atoms with van der Waals surface area (Å²) in [5.41, 5.74) is 0. The van der Waals surface area contributed by atoms with Gasteiger partial charge >= 0.3 is 6.03 Å². The zero-order chi connectivity index (χ0) is 13.5. The lowest BCUT2D eigenvalue weighted by Crippen LogP contribution is -2.49. The van der Waals surface area contributed by atoms with Crippen LogP contribution in [0.25, 0.3) is 0 Å². The number of hydrogen-bond donors (Lipinski definition) is 1. The molecule has 1 unspecified atom stereocenters. The summed E-state index contributed by atoms with van der Waals surface area (Å²) >= 11 is 5.47. The van der Waals surface area contributed by atoms with E-state index in [1.807, 2.05) is 0 Å². The fourth-order valence-electron chi connectivity index (χ4n) is 2.20. The molecule has 1 atom stereocenters. The van der Waals surface area contributed by atoms with Crippen LogP contribution in [0.3, 0.4) is 0 Å². The minimum absolute atomic E-state index is 0.168. The number of carbonyl (C=O) groups is 2. The summed E-state index contributed by atoms with van der Waals surface area (Å²) < 4.78 is 0. The molecule has 0 aromatic carbocycles. The van der Waals surface area contributed by atoms with Crippen molar-refractivity contribution in [1.82, 2.24) is 15.1 Å². The molecule has 3 amide bonds. The van der Waals surface area contributed by atoms with Crippen LogP contribution in [0.2, 0.25) is 0 Å². The van der Waals surface area contributed by atoms with Crippen molar-refractivity contribution in [3.63, 3.8) is 0 Å². The van der Waals surface area contributed by atoms with Crippen molar-refractivity contribution in [2.75, 3.05) is 32.6 Å². The monoisotopic (exact) mass is 275 g/mol. The SMILES string of the molecule is CCC1CN(C)CCCN1C(=O)NC(=O)CCCl. The van der Waals surface area contributed by atoms with Crippen LogP contribution in [0.4, 0.5) is 4.79 Å². The van der Waals surface area contributed by atoms with Gasteiger partial charge in [0.25, 0.3) is 0 Å². The molecule has 104 valence electrons. The molecule has 0 aromatic rings. The van der Waals surface area contributed by atoms with E-state index >= 15 is 0 Å². The van der Waals surface area contributed by atoms with Crippen LogP contribution in [-0.2, 0) is 4.79 Å². The second-order valence-electron chi connectivity index (χ2n) is 4.66. The van der Waals surface area contributed by atoms with Gasteiger partial charge in [0.15, 0.2) is 0 Å². The summed E-state index contributed by atoms with van der Waals surface area (Å²) in [5, 5.41) is 2.40. The fourth-order valence-corrected chi connectivity index (χ4v) is 2.37. The van der Waals surface area contributed by atoms with Crippen LogP contribution in [0.5, 0.6) is 0 Å². The molecule has 0 aliphatic carbocycles. The second kappa shape index (κ2) is 7.59. The van der Waals surface area contributed by atoms with Crippen molar-refractivity contribution in [2.45, 2.75) is 32.2 Å². The number of hydrogen-bond acceptors (Lipinski definition) is 3. The Hall–Kier alpha value is -0.810. The zero-order valence-electron chi connectivity index (χ0n) is 11.1. The Morgan fingerprint density at radius 1 is 1.39 bits per heavy atom. The van der Waals surface area contributed by atoms with Crippen molar-refractivity contribution in [1.29, 1.82) is 0 Å². The maximum atomic E-state index is 12.0. The van der Waals surface area contributed by atoms with Crippen LogP contribution >= 0.6 is 11.6 Å². The summed E-state index contributed by atoms with van der Waals surface area (Å²) in [6.07, 6.45) is 2.00. The highest BCUT2D eigenvalue weighted by Crippen LogP contribution is 2.12. The Balaban J connectivity index is 2.60. The number of alkyl halides is 1. The number of rotatable bonds is 3. The van der Waals surface area contributed by atoms with E-state index in [4.69, 9.17) is 11.6 Å². The molecule has 1 saturated heterocycles. The van der Waals surface area contributed by atoms with E-state index in [1.165, 1.54) is 0 Å². The summed E-state index contributed by atoms with van der Waals surface area (Å²) in [5.74, 6) is -0.0681. The van der Waals surface area contributed by atoms with Gasteiger partial charge in [-0.1, -0.05) is 6.92 Å². The first-order valence-corrected chi connectivity index (χ1v) is 6.96. The summed E-state index contributed by atoms with van der Waals surface area (Å²) in [6, 6.07) is -0.117. The third-order valence-electron chi connectivity index (χ3n) is 3.20. The molecule has 0 spiro atoms. The van der Waals surface area contributed by atoms with Gasteiger partial charge in [-0.25, -0.2) is 4.79 Å². The third-order valence-corrected chi connectivity index (χ3v) is 3.39. The van der Waals surface area contributed by atoms with E-state index in [9.17, 15) is 9.59 Å². The molecule has 1 heterocycles. The van der Waals surface area contributed by atoms with E-state index in [2.05, 4.69) is 24.2 Å². The van der Waals surface area contributed by atoms with E-state index in [1.54, 1.807) is 4.90 Å². The predicted molar refractivity (Wildman–Crippen MR) is 71.8 cm³/mol. The van der Waals surface area contributed by atoms with Gasteiger partial charge < -0.3 is 9.80 Å². The average molecular weight is 276 g/mol. The lowest BCUT2D eigenvalue weighted by atomic mass is 10.2. The van der Waals surface area contributed by atoms with Crippen LogP contribution in [0, 0.1) is 0 Å². The summed E-state index contributed by atoms with van der Waals surface area (Å²) in [4.78, 5) is 27.4. The predicted octanol–water partition coefficient (Wildman–Crippen LogP) is 1.27. The lowest BCUT2D eigenvalue weighted by molar-refractivity contribution is -0.119. The fraction of sp³-hybridized carbons (Fsp3) is 0.833. The van der Waals surface area contributed by atoms with Crippen molar-refractivity contribution < 1.29 is 9.59 Å². The van der Waals surface area contributed by atoms with E-state index < -0.39 is 0 Å². The van der Waals surface area contributed by atoms with Gasteiger partial charge in [0.1, 0.15) is 0 Å². The van der Waals surface area contributed by atoms with E-state index in [0.29, 0.717) is 6.54 Å². The third kappa shape index (κ3) is 4.46. The number of likely N-dealkylation sites (N-methyl/N-ethyl adjacent to an activating group) is 1. The molecule has 1 aliphatic heterocycles. The molecule has 0 radical (unpaired) electrons. The van der Waals surface area contributed by atoms with E-state index in [-0.39, 0.29) is 30.3 Å². The van der Waals surface area contributed by atoms with Gasteiger partial charge in [0.05, 0.1) is 0 Å². The standard InChI is InChI=1S/C12H22ClN3O2/c1-3-10-9-15(2)7-4-8-16(10)12(18)14-11(17)5-6-13/h10H,3-9H2,1-2H3,(H,14,17,18). The molecule has 1 rings (SSSR count). The quantitative estimate of drug-likeness (QED) is 0.789. The topological polar surface area (TPSA) is 52.6 Å². The molecule has 0 saturated carbocycles. The molecule has 1 fully saturated rings.